The van der Waals surface area contributed by atoms with Gasteiger partial charge in [-0.3, -0.25) is 4.98 Å². The van der Waals surface area contributed by atoms with Crippen LogP contribution < -0.4 is 5.32 Å². The molecule has 3 nitrogen and oxygen atoms in total. The van der Waals surface area contributed by atoms with Crippen LogP contribution in [0.5, 0.6) is 0 Å². The number of rotatable bonds is 5. The van der Waals surface area contributed by atoms with Crippen molar-refractivity contribution < 1.29 is 13.9 Å². The summed E-state index contributed by atoms with van der Waals surface area (Å²) in [5.74, 6) is -3.09. The summed E-state index contributed by atoms with van der Waals surface area (Å²) < 4.78 is 25.7. The molecule has 5 heteroatoms. The van der Waals surface area contributed by atoms with E-state index in [-0.39, 0.29) is 0 Å². The van der Waals surface area contributed by atoms with Gasteiger partial charge < -0.3 is 10.4 Å². The molecule has 0 fully saturated rings. The molecule has 0 saturated carbocycles. The number of nitrogens with one attached hydrogen (secondary N) is 1. The normalized spacial score (nSPS) is 11.9. The van der Waals surface area contributed by atoms with Crippen LogP contribution in [0.25, 0.3) is 10.8 Å². The summed E-state index contributed by atoms with van der Waals surface area (Å²) in [4.78, 5) is 4.07. The third-order valence-electron chi connectivity index (χ3n) is 2.68. The lowest BCUT2D eigenvalue weighted by Crippen LogP contribution is -2.35. The second-order valence-electron chi connectivity index (χ2n) is 4.14. The number of aliphatic hydroxyl groups excluding tert-OH is 1. The highest BCUT2D eigenvalue weighted by Crippen LogP contribution is 2.17. The quantitative estimate of drug-likeness (QED) is 0.855. The van der Waals surface area contributed by atoms with Gasteiger partial charge in [-0.1, -0.05) is 24.3 Å². The van der Waals surface area contributed by atoms with Crippen molar-refractivity contribution in [3.05, 3.63) is 42.2 Å². The number of hydrogen-bond donors (Lipinski definition) is 2. The molecule has 0 saturated heterocycles. The van der Waals surface area contributed by atoms with Crippen molar-refractivity contribution in [1.82, 2.24) is 10.3 Å². The van der Waals surface area contributed by atoms with Crippen molar-refractivity contribution in [1.29, 1.82) is 0 Å². The van der Waals surface area contributed by atoms with E-state index in [4.69, 9.17) is 5.11 Å². The minimum atomic E-state index is -3.09. The van der Waals surface area contributed by atoms with Gasteiger partial charge in [0.15, 0.2) is 0 Å². The van der Waals surface area contributed by atoms with Crippen LogP contribution in [0.3, 0.4) is 0 Å². The van der Waals surface area contributed by atoms with Crippen molar-refractivity contribution in [3.63, 3.8) is 0 Å². The van der Waals surface area contributed by atoms with E-state index in [1.807, 2.05) is 24.3 Å². The lowest BCUT2D eigenvalue weighted by molar-refractivity contribution is -0.0477. The first-order valence-corrected chi connectivity index (χ1v) is 5.63. The molecule has 2 rings (SSSR count). The van der Waals surface area contributed by atoms with E-state index < -0.39 is 19.1 Å². The van der Waals surface area contributed by atoms with E-state index >= 15 is 0 Å². The van der Waals surface area contributed by atoms with Gasteiger partial charge in [-0.2, -0.15) is 0 Å². The molecule has 0 spiro atoms. The Labute approximate surface area is 103 Å². The van der Waals surface area contributed by atoms with Crippen molar-refractivity contribution in [2.75, 3.05) is 13.2 Å². The van der Waals surface area contributed by atoms with E-state index in [1.165, 1.54) is 0 Å². The highest BCUT2D eigenvalue weighted by molar-refractivity contribution is 5.84. The van der Waals surface area contributed by atoms with Crippen molar-refractivity contribution in [2.24, 2.45) is 0 Å². The zero-order chi connectivity index (χ0) is 13.0. The summed E-state index contributed by atoms with van der Waals surface area (Å²) in [6, 6.07) is 7.65. The first-order chi connectivity index (χ1) is 8.62. The molecule has 1 aromatic heterocycles. The van der Waals surface area contributed by atoms with E-state index in [1.54, 1.807) is 12.4 Å². The van der Waals surface area contributed by atoms with Crippen LogP contribution in [0.2, 0.25) is 0 Å². The Balaban J connectivity index is 2.08. The summed E-state index contributed by atoms with van der Waals surface area (Å²) in [6.45, 7) is -1.40. The Kier molecular flexibility index (Phi) is 3.84. The smallest absolute Gasteiger partial charge is 0.282 e. The van der Waals surface area contributed by atoms with Gasteiger partial charge in [0.05, 0.1) is 6.54 Å². The molecule has 18 heavy (non-hydrogen) atoms. The minimum Gasteiger partial charge on any atom is -0.390 e. The highest BCUT2D eigenvalue weighted by Gasteiger charge is 2.26. The summed E-state index contributed by atoms with van der Waals surface area (Å²) in [5, 5.41) is 13.1. The number of pyridine rings is 1. The monoisotopic (exact) mass is 252 g/mol. The molecule has 96 valence electrons. The maximum Gasteiger partial charge on any atom is 0.282 e. The zero-order valence-corrected chi connectivity index (χ0v) is 9.74. The van der Waals surface area contributed by atoms with Crippen LogP contribution in [0.4, 0.5) is 8.78 Å². The number of aromatic nitrogens is 1. The van der Waals surface area contributed by atoms with E-state index in [0.29, 0.717) is 6.54 Å². The summed E-state index contributed by atoms with van der Waals surface area (Å²) >= 11 is 0. The lowest BCUT2D eigenvalue weighted by atomic mass is 10.1. The third kappa shape index (κ3) is 3.00. The zero-order valence-electron chi connectivity index (χ0n) is 9.74. The van der Waals surface area contributed by atoms with Crippen LogP contribution >= 0.6 is 0 Å². The number of hydrogen-bond acceptors (Lipinski definition) is 3. The van der Waals surface area contributed by atoms with Gasteiger partial charge in [0.25, 0.3) is 5.92 Å². The number of benzene rings is 1. The number of alkyl halides is 2. The molecular weight excluding hydrogens is 238 g/mol. The predicted octanol–water partition coefficient (Wildman–Crippen LogP) is 1.95. The fourth-order valence-corrected chi connectivity index (χ4v) is 1.76. The topological polar surface area (TPSA) is 45.1 Å². The van der Waals surface area contributed by atoms with E-state index in [0.717, 1.165) is 16.3 Å². The van der Waals surface area contributed by atoms with Crippen molar-refractivity contribution in [3.8, 4) is 0 Å². The summed E-state index contributed by atoms with van der Waals surface area (Å²) in [5.41, 5.74) is 0.863. The van der Waals surface area contributed by atoms with Crippen LogP contribution in [-0.4, -0.2) is 29.2 Å². The molecule has 0 aliphatic carbocycles. The maximum atomic E-state index is 12.8. The molecule has 2 aromatic rings. The van der Waals surface area contributed by atoms with Crippen molar-refractivity contribution in [2.45, 2.75) is 12.5 Å². The van der Waals surface area contributed by atoms with Crippen molar-refractivity contribution >= 4 is 10.8 Å². The molecule has 2 N–H and O–H groups in total. The summed E-state index contributed by atoms with van der Waals surface area (Å²) in [6.07, 6.45) is 3.40. The Hall–Kier alpha value is -1.59. The molecule has 1 heterocycles. The van der Waals surface area contributed by atoms with Crippen LogP contribution in [0.1, 0.15) is 5.56 Å². The molecule has 0 aliphatic rings. The fraction of sp³-hybridized carbons (Fsp3) is 0.308. The molecule has 0 unspecified atom stereocenters. The Bertz CT molecular complexity index is 526. The van der Waals surface area contributed by atoms with E-state index in [2.05, 4.69) is 10.3 Å². The lowest BCUT2D eigenvalue weighted by Gasteiger charge is -2.14. The number of nitrogens with zero attached hydrogens (tertiary/aromatic N) is 1. The van der Waals surface area contributed by atoms with Gasteiger partial charge in [-0.25, -0.2) is 8.78 Å². The largest absolute Gasteiger partial charge is 0.390 e. The van der Waals surface area contributed by atoms with Gasteiger partial charge in [-0.05, 0) is 10.9 Å². The standard InChI is InChI=1S/C13H14F2N2O/c14-13(15,9-18)8-17-7-11-6-16-5-10-3-1-2-4-12(10)11/h1-6,17-18H,7-9H2. The molecular formula is C13H14F2N2O. The number of aliphatic hydroxyl groups is 1. The molecule has 0 bridgehead atoms. The Morgan fingerprint density at radius 2 is 2.00 bits per heavy atom. The second kappa shape index (κ2) is 5.37. The summed E-state index contributed by atoms with van der Waals surface area (Å²) in [7, 11) is 0. The second-order valence-corrected chi connectivity index (χ2v) is 4.14. The Morgan fingerprint density at radius 1 is 1.22 bits per heavy atom. The van der Waals surface area contributed by atoms with Gasteiger partial charge in [0, 0.05) is 24.3 Å². The van der Waals surface area contributed by atoms with Crippen LogP contribution in [-0.2, 0) is 6.54 Å². The number of halogens is 2. The molecule has 0 aliphatic heterocycles. The highest BCUT2D eigenvalue weighted by atomic mass is 19.3. The minimum absolute atomic E-state index is 0.296. The van der Waals surface area contributed by atoms with Crippen LogP contribution in [0, 0.1) is 0 Å². The average molecular weight is 252 g/mol. The third-order valence-corrected chi connectivity index (χ3v) is 2.68. The Morgan fingerprint density at radius 3 is 2.78 bits per heavy atom. The SMILES string of the molecule is OCC(F)(F)CNCc1cncc2ccccc12. The predicted molar refractivity (Wildman–Crippen MR) is 65.5 cm³/mol. The first-order valence-electron chi connectivity index (χ1n) is 5.63. The van der Waals surface area contributed by atoms with Gasteiger partial charge in [-0.15, -0.1) is 0 Å². The van der Waals surface area contributed by atoms with Gasteiger partial charge in [0.2, 0.25) is 0 Å². The maximum absolute atomic E-state index is 12.8. The van der Waals surface area contributed by atoms with Gasteiger partial charge >= 0.3 is 0 Å². The molecule has 1 aromatic carbocycles. The van der Waals surface area contributed by atoms with Crippen LogP contribution in [0.15, 0.2) is 36.7 Å². The first kappa shape index (κ1) is 12.9. The van der Waals surface area contributed by atoms with E-state index in [9.17, 15) is 8.78 Å². The van der Waals surface area contributed by atoms with Gasteiger partial charge in [0.1, 0.15) is 6.61 Å². The fourth-order valence-electron chi connectivity index (χ4n) is 1.76. The molecule has 0 amide bonds. The molecule has 0 radical (unpaired) electrons. The average Bonchev–Trinajstić information content (AvgIpc) is 2.39. The number of fused-ring (bicyclic) bond motifs is 1. The molecule has 0 atom stereocenters.